The lowest BCUT2D eigenvalue weighted by molar-refractivity contribution is 0.687. The first-order chi connectivity index (χ1) is 12.1. The number of hydrogen-bond donors (Lipinski definition) is 2. The Morgan fingerprint density at radius 2 is 1.96 bits per heavy atom. The van der Waals surface area contributed by atoms with Crippen LogP contribution in [0.2, 0.25) is 0 Å². The van der Waals surface area contributed by atoms with Gasteiger partial charge in [-0.15, -0.1) is 0 Å². The van der Waals surface area contributed by atoms with Crippen molar-refractivity contribution in [3.8, 4) is 0 Å². The van der Waals surface area contributed by atoms with Gasteiger partial charge >= 0.3 is 0 Å². The van der Waals surface area contributed by atoms with Crippen molar-refractivity contribution >= 4 is 38.9 Å². The van der Waals surface area contributed by atoms with E-state index < -0.39 is 0 Å². The second-order valence-electron chi connectivity index (χ2n) is 5.85. The zero-order valence-electron chi connectivity index (χ0n) is 13.9. The van der Waals surface area contributed by atoms with Gasteiger partial charge in [-0.2, -0.15) is 5.10 Å². The number of benzene rings is 2. The number of hydrogen-bond acceptors (Lipinski definition) is 2. The van der Waals surface area contributed by atoms with E-state index in [1.807, 2.05) is 23.0 Å². The van der Waals surface area contributed by atoms with Gasteiger partial charge in [-0.25, -0.2) is 0 Å². The van der Waals surface area contributed by atoms with Crippen LogP contribution < -0.4 is 10.6 Å². The Kier molecular flexibility index (Phi) is 5.83. The molecule has 0 aliphatic carbocycles. The Morgan fingerprint density at radius 1 is 1.16 bits per heavy atom. The molecule has 0 atom stereocenters. The van der Waals surface area contributed by atoms with Crippen molar-refractivity contribution in [2.45, 2.75) is 20.0 Å². The van der Waals surface area contributed by atoms with Crippen LogP contribution in [0.3, 0.4) is 0 Å². The van der Waals surface area contributed by atoms with Crippen LogP contribution in [0.25, 0.3) is 0 Å². The molecule has 0 fully saturated rings. The quantitative estimate of drug-likeness (QED) is 0.603. The normalized spacial score (nSPS) is 10.5. The van der Waals surface area contributed by atoms with Gasteiger partial charge in [-0.3, -0.25) is 4.68 Å². The predicted octanol–water partition coefficient (Wildman–Crippen LogP) is 4.49. The smallest absolute Gasteiger partial charge is 0.171 e. The molecule has 0 aliphatic rings. The molecule has 0 bridgehead atoms. The van der Waals surface area contributed by atoms with E-state index in [-0.39, 0.29) is 0 Å². The number of nitrogens with zero attached hydrogens (tertiary/aromatic N) is 2. The maximum atomic E-state index is 5.39. The zero-order valence-corrected chi connectivity index (χ0v) is 16.3. The summed E-state index contributed by atoms with van der Waals surface area (Å²) in [7, 11) is 0. The van der Waals surface area contributed by atoms with Gasteiger partial charge in [-0.05, 0) is 58.3 Å². The largest absolute Gasteiger partial charge is 0.358 e. The lowest BCUT2D eigenvalue weighted by Gasteiger charge is -2.12. The molecular weight excluding hydrogens is 396 g/mol. The van der Waals surface area contributed by atoms with E-state index in [0.717, 1.165) is 15.7 Å². The Morgan fingerprint density at radius 3 is 2.68 bits per heavy atom. The highest BCUT2D eigenvalue weighted by molar-refractivity contribution is 9.10. The molecule has 0 saturated heterocycles. The molecule has 6 heteroatoms. The molecular formula is C19H19BrN4S. The molecule has 2 aromatic carbocycles. The Hall–Kier alpha value is -2.18. The maximum absolute atomic E-state index is 5.39. The number of halogens is 1. The van der Waals surface area contributed by atoms with Gasteiger partial charge in [0.25, 0.3) is 0 Å². The summed E-state index contributed by atoms with van der Waals surface area (Å²) in [6, 6.07) is 16.6. The van der Waals surface area contributed by atoms with E-state index in [0.29, 0.717) is 18.2 Å². The van der Waals surface area contributed by atoms with Crippen molar-refractivity contribution in [1.29, 1.82) is 0 Å². The molecule has 0 amide bonds. The Balaban J connectivity index is 1.55. The van der Waals surface area contributed by atoms with Crippen molar-refractivity contribution < 1.29 is 0 Å². The SMILES string of the molecule is Cc1ccc(CNC(=S)Nc2cccc(Cn3cc(Br)cn3)c2)cc1. The second kappa shape index (κ2) is 8.27. The number of aryl methyl sites for hydroxylation is 1. The standard InChI is InChI=1S/C19H19BrN4S/c1-14-5-7-15(8-6-14)10-21-19(25)23-18-4-2-3-16(9-18)12-24-13-17(20)11-22-24/h2-9,11,13H,10,12H2,1H3,(H2,21,23,25). The third-order valence-corrected chi connectivity index (χ3v) is 4.36. The molecule has 3 aromatic rings. The summed E-state index contributed by atoms with van der Waals surface area (Å²) >= 11 is 8.80. The van der Waals surface area contributed by atoms with Crippen molar-refractivity contribution in [1.82, 2.24) is 15.1 Å². The summed E-state index contributed by atoms with van der Waals surface area (Å²) in [6.07, 6.45) is 3.74. The van der Waals surface area contributed by atoms with Gasteiger partial charge in [0.2, 0.25) is 0 Å². The first-order valence-corrected chi connectivity index (χ1v) is 9.16. The van der Waals surface area contributed by atoms with E-state index in [1.165, 1.54) is 11.1 Å². The third kappa shape index (κ3) is 5.41. The fourth-order valence-corrected chi connectivity index (χ4v) is 2.94. The molecule has 0 radical (unpaired) electrons. The van der Waals surface area contributed by atoms with E-state index >= 15 is 0 Å². The van der Waals surface area contributed by atoms with Crippen LogP contribution in [0.1, 0.15) is 16.7 Å². The van der Waals surface area contributed by atoms with Crippen molar-refractivity contribution in [2.75, 3.05) is 5.32 Å². The molecule has 0 aliphatic heterocycles. The summed E-state index contributed by atoms with van der Waals surface area (Å²) in [5.74, 6) is 0. The highest BCUT2D eigenvalue weighted by Crippen LogP contribution is 2.13. The molecule has 3 rings (SSSR count). The molecule has 4 nitrogen and oxygen atoms in total. The number of nitrogens with one attached hydrogen (secondary N) is 2. The second-order valence-corrected chi connectivity index (χ2v) is 7.17. The summed E-state index contributed by atoms with van der Waals surface area (Å²) in [6.45, 7) is 3.50. The molecule has 0 saturated carbocycles. The average Bonchev–Trinajstić information content (AvgIpc) is 2.99. The van der Waals surface area contributed by atoms with Gasteiger partial charge in [0.05, 0.1) is 17.2 Å². The predicted molar refractivity (Wildman–Crippen MR) is 110 cm³/mol. The van der Waals surface area contributed by atoms with Gasteiger partial charge in [0.1, 0.15) is 0 Å². The van der Waals surface area contributed by atoms with Crippen LogP contribution in [0.5, 0.6) is 0 Å². The summed E-state index contributed by atoms with van der Waals surface area (Å²) < 4.78 is 2.86. The van der Waals surface area contributed by atoms with Gasteiger partial charge in [-0.1, -0.05) is 42.0 Å². The summed E-state index contributed by atoms with van der Waals surface area (Å²) in [4.78, 5) is 0. The summed E-state index contributed by atoms with van der Waals surface area (Å²) in [5, 5.41) is 11.4. The molecule has 1 heterocycles. The topological polar surface area (TPSA) is 41.9 Å². The van der Waals surface area contributed by atoms with Crippen LogP contribution in [0, 0.1) is 6.92 Å². The molecule has 0 spiro atoms. The molecule has 25 heavy (non-hydrogen) atoms. The van der Waals surface area contributed by atoms with E-state index in [2.05, 4.69) is 75.0 Å². The maximum Gasteiger partial charge on any atom is 0.171 e. The molecule has 1 aromatic heterocycles. The highest BCUT2D eigenvalue weighted by atomic mass is 79.9. The first kappa shape index (κ1) is 17.6. The number of rotatable bonds is 5. The lowest BCUT2D eigenvalue weighted by Crippen LogP contribution is -2.27. The highest BCUT2D eigenvalue weighted by Gasteiger charge is 2.02. The van der Waals surface area contributed by atoms with Crippen molar-refractivity contribution in [3.05, 3.63) is 82.1 Å². The van der Waals surface area contributed by atoms with Crippen LogP contribution in [0.15, 0.2) is 65.4 Å². The van der Waals surface area contributed by atoms with E-state index in [4.69, 9.17) is 12.2 Å². The molecule has 128 valence electrons. The first-order valence-electron chi connectivity index (χ1n) is 7.96. The fraction of sp³-hybridized carbons (Fsp3) is 0.158. The van der Waals surface area contributed by atoms with Gasteiger partial charge in [0, 0.05) is 18.4 Å². The molecule has 2 N–H and O–H groups in total. The third-order valence-electron chi connectivity index (χ3n) is 3.70. The minimum Gasteiger partial charge on any atom is -0.358 e. The van der Waals surface area contributed by atoms with Crippen LogP contribution in [-0.4, -0.2) is 14.9 Å². The lowest BCUT2D eigenvalue weighted by atomic mass is 10.1. The van der Waals surface area contributed by atoms with Crippen LogP contribution in [-0.2, 0) is 13.1 Å². The Labute approximate surface area is 161 Å². The van der Waals surface area contributed by atoms with Crippen molar-refractivity contribution in [2.24, 2.45) is 0 Å². The monoisotopic (exact) mass is 414 g/mol. The Bertz CT molecular complexity index is 858. The minimum absolute atomic E-state index is 0.611. The summed E-state index contributed by atoms with van der Waals surface area (Å²) in [5.41, 5.74) is 4.57. The van der Waals surface area contributed by atoms with Crippen molar-refractivity contribution in [3.63, 3.8) is 0 Å². The fourth-order valence-electron chi connectivity index (χ4n) is 2.42. The van der Waals surface area contributed by atoms with E-state index in [1.54, 1.807) is 6.20 Å². The number of anilines is 1. The molecule has 0 unspecified atom stereocenters. The number of aromatic nitrogens is 2. The van der Waals surface area contributed by atoms with E-state index in [9.17, 15) is 0 Å². The van der Waals surface area contributed by atoms with Crippen LogP contribution >= 0.6 is 28.1 Å². The minimum atomic E-state index is 0.611. The van der Waals surface area contributed by atoms with Gasteiger partial charge < -0.3 is 10.6 Å². The number of thiocarbonyl (C=S) groups is 1. The van der Waals surface area contributed by atoms with Crippen LogP contribution in [0.4, 0.5) is 5.69 Å². The average molecular weight is 415 g/mol. The zero-order chi connectivity index (χ0) is 17.6. The van der Waals surface area contributed by atoms with Gasteiger partial charge in [0.15, 0.2) is 5.11 Å².